The highest BCUT2D eigenvalue weighted by Crippen LogP contribution is 2.09. The Morgan fingerprint density at radius 2 is 2.00 bits per heavy atom. The Morgan fingerprint density at radius 1 is 1.35 bits per heavy atom. The van der Waals surface area contributed by atoms with Gasteiger partial charge in [-0.15, -0.1) is 0 Å². The first-order valence-electron chi connectivity index (χ1n) is 6.39. The zero-order chi connectivity index (χ0) is 15.1. The van der Waals surface area contributed by atoms with Crippen LogP contribution >= 0.6 is 12.2 Å². The Kier molecular flexibility index (Phi) is 6.11. The van der Waals surface area contributed by atoms with Gasteiger partial charge in [0.2, 0.25) is 5.91 Å². The molecule has 3 N–H and O–H groups in total. The summed E-state index contributed by atoms with van der Waals surface area (Å²) in [5.41, 5.74) is 6.68. The average Bonchev–Trinajstić information content (AvgIpc) is 2.45. The number of amides is 2. The highest BCUT2D eigenvalue weighted by molar-refractivity contribution is 7.80. The van der Waals surface area contributed by atoms with Crippen LogP contribution in [0, 0.1) is 0 Å². The molecular weight excluding hydrogens is 274 g/mol. The first-order valence-corrected chi connectivity index (χ1v) is 6.80. The topological polar surface area (TPSA) is 75.4 Å². The van der Waals surface area contributed by atoms with Gasteiger partial charge in [0.15, 0.2) is 0 Å². The van der Waals surface area contributed by atoms with Crippen LogP contribution in [0.5, 0.6) is 0 Å². The predicted molar refractivity (Wildman–Crippen MR) is 82.6 cm³/mol. The van der Waals surface area contributed by atoms with Crippen LogP contribution in [0.25, 0.3) is 0 Å². The molecule has 20 heavy (non-hydrogen) atoms. The Bertz CT molecular complexity index is 517. The van der Waals surface area contributed by atoms with Crippen molar-refractivity contribution in [2.45, 2.75) is 13.3 Å². The number of carbonyl (C=O) groups is 2. The van der Waals surface area contributed by atoms with Gasteiger partial charge in [-0.25, -0.2) is 0 Å². The van der Waals surface area contributed by atoms with Crippen molar-refractivity contribution < 1.29 is 9.59 Å². The van der Waals surface area contributed by atoms with Gasteiger partial charge in [0.1, 0.15) is 4.99 Å². The van der Waals surface area contributed by atoms with Crippen molar-refractivity contribution in [2.75, 3.05) is 20.1 Å². The van der Waals surface area contributed by atoms with E-state index in [0.717, 1.165) is 6.42 Å². The van der Waals surface area contributed by atoms with Crippen LogP contribution in [0.2, 0.25) is 0 Å². The number of hydrogen-bond donors (Lipinski definition) is 2. The average molecular weight is 293 g/mol. The Balaban J connectivity index is 2.96. The molecule has 0 bridgehead atoms. The summed E-state index contributed by atoms with van der Waals surface area (Å²) >= 11 is 4.90. The summed E-state index contributed by atoms with van der Waals surface area (Å²) in [6.45, 7) is 2.51. The second-order valence-corrected chi connectivity index (χ2v) is 4.78. The number of thiocarbonyl (C=S) groups is 1. The van der Waals surface area contributed by atoms with Crippen LogP contribution in [-0.2, 0) is 4.79 Å². The summed E-state index contributed by atoms with van der Waals surface area (Å²) in [6, 6.07) is 6.82. The fourth-order valence-electron chi connectivity index (χ4n) is 1.76. The molecule has 1 aromatic carbocycles. The zero-order valence-corrected chi connectivity index (χ0v) is 12.5. The summed E-state index contributed by atoms with van der Waals surface area (Å²) in [5, 5.41) is 2.52. The smallest absolute Gasteiger partial charge is 0.254 e. The van der Waals surface area contributed by atoms with Gasteiger partial charge in [-0.2, -0.15) is 0 Å². The minimum atomic E-state index is -0.200. The van der Waals surface area contributed by atoms with Crippen molar-refractivity contribution in [1.82, 2.24) is 10.2 Å². The van der Waals surface area contributed by atoms with E-state index in [-0.39, 0.29) is 23.3 Å². The molecule has 0 radical (unpaired) electrons. The molecule has 0 aliphatic heterocycles. The maximum absolute atomic E-state index is 12.4. The van der Waals surface area contributed by atoms with Gasteiger partial charge < -0.3 is 16.0 Å². The molecule has 0 unspecified atom stereocenters. The summed E-state index contributed by atoms with van der Waals surface area (Å²) < 4.78 is 0. The van der Waals surface area contributed by atoms with Crippen LogP contribution in [0.3, 0.4) is 0 Å². The van der Waals surface area contributed by atoms with Crippen LogP contribution < -0.4 is 11.1 Å². The van der Waals surface area contributed by atoms with Gasteiger partial charge >= 0.3 is 0 Å². The summed E-state index contributed by atoms with van der Waals surface area (Å²) in [7, 11) is 1.55. The Morgan fingerprint density at radius 3 is 2.55 bits per heavy atom. The van der Waals surface area contributed by atoms with Crippen molar-refractivity contribution in [3.8, 4) is 0 Å². The van der Waals surface area contributed by atoms with E-state index in [9.17, 15) is 9.59 Å². The van der Waals surface area contributed by atoms with Gasteiger partial charge in [-0.3, -0.25) is 9.59 Å². The molecule has 0 spiro atoms. The number of hydrogen-bond acceptors (Lipinski definition) is 3. The lowest BCUT2D eigenvalue weighted by Gasteiger charge is -2.21. The molecule has 5 nitrogen and oxygen atoms in total. The first kappa shape index (κ1) is 16.1. The number of nitrogens with two attached hydrogens (primary N) is 1. The summed E-state index contributed by atoms with van der Waals surface area (Å²) in [6.07, 6.45) is 0.776. The molecule has 0 heterocycles. The number of nitrogens with one attached hydrogen (secondary N) is 1. The second-order valence-electron chi connectivity index (χ2n) is 4.34. The molecule has 0 saturated carbocycles. The molecule has 1 aromatic rings. The van der Waals surface area contributed by atoms with E-state index in [1.807, 2.05) is 6.92 Å². The van der Waals surface area contributed by atoms with E-state index < -0.39 is 0 Å². The van der Waals surface area contributed by atoms with E-state index in [4.69, 9.17) is 18.0 Å². The lowest BCUT2D eigenvalue weighted by atomic mass is 10.1. The molecule has 108 valence electrons. The number of rotatable bonds is 6. The first-order chi connectivity index (χ1) is 9.49. The van der Waals surface area contributed by atoms with E-state index in [1.165, 1.54) is 4.90 Å². The third-order valence-electron chi connectivity index (χ3n) is 2.79. The van der Waals surface area contributed by atoms with E-state index >= 15 is 0 Å². The number of nitrogens with zero attached hydrogens (tertiary/aromatic N) is 1. The molecule has 1 rings (SSSR count). The molecule has 0 saturated heterocycles. The molecular formula is C14H19N3O2S. The highest BCUT2D eigenvalue weighted by atomic mass is 32.1. The number of likely N-dealkylation sites (N-methyl/N-ethyl adjacent to an activating group) is 1. The highest BCUT2D eigenvalue weighted by Gasteiger charge is 2.18. The third kappa shape index (κ3) is 4.31. The van der Waals surface area contributed by atoms with Crippen LogP contribution in [0.1, 0.15) is 29.3 Å². The standard InChI is InChI=1S/C14H19N3O2S/c1-3-7-17(9-12(18)16-2)14(19)11-6-4-5-10(8-11)13(15)20/h4-6,8H,3,7,9H2,1-2H3,(H2,15,20)(H,16,18). The molecule has 0 aliphatic rings. The largest absolute Gasteiger partial charge is 0.389 e. The normalized spacial score (nSPS) is 9.90. The van der Waals surface area contributed by atoms with Crippen molar-refractivity contribution in [3.05, 3.63) is 35.4 Å². The van der Waals surface area contributed by atoms with Gasteiger partial charge in [0.05, 0.1) is 6.54 Å². The van der Waals surface area contributed by atoms with Gasteiger partial charge in [-0.05, 0) is 18.6 Å². The predicted octanol–water partition coefficient (Wildman–Crippen LogP) is 0.919. The molecule has 0 fully saturated rings. The zero-order valence-electron chi connectivity index (χ0n) is 11.7. The summed E-state index contributed by atoms with van der Waals surface area (Å²) in [5.74, 6) is -0.397. The molecule has 6 heteroatoms. The van der Waals surface area contributed by atoms with Gasteiger partial charge in [0.25, 0.3) is 5.91 Å². The maximum Gasteiger partial charge on any atom is 0.254 e. The maximum atomic E-state index is 12.4. The minimum Gasteiger partial charge on any atom is -0.389 e. The monoisotopic (exact) mass is 293 g/mol. The fourth-order valence-corrected chi connectivity index (χ4v) is 1.89. The molecule has 0 atom stereocenters. The fraction of sp³-hybridized carbons (Fsp3) is 0.357. The van der Waals surface area contributed by atoms with Crippen molar-refractivity contribution in [3.63, 3.8) is 0 Å². The quantitative estimate of drug-likeness (QED) is 0.765. The van der Waals surface area contributed by atoms with Crippen molar-refractivity contribution in [2.24, 2.45) is 5.73 Å². The lowest BCUT2D eigenvalue weighted by molar-refractivity contribution is -0.121. The second kappa shape index (κ2) is 7.59. The third-order valence-corrected chi connectivity index (χ3v) is 3.02. The SMILES string of the molecule is CCCN(CC(=O)NC)C(=O)c1cccc(C(N)=S)c1. The van der Waals surface area contributed by atoms with Crippen LogP contribution in [0.15, 0.2) is 24.3 Å². The Hall–Kier alpha value is -1.95. The molecule has 0 aliphatic carbocycles. The van der Waals surface area contributed by atoms with Gasteiger partial charge in [0, 0.05) is 24.7 Å². The number of carbonyl (C=O) groups excluding carboxylic acids is 2. The van der Waals surface area contributed by atoms with Crippen LogP contribution in [0.4, 0.5) is 0 Å². The molecule has 2 amide bonds. The van der Waals surface area contributed by atoms with E-state index in [2.05, 4.69) is 5.32 Å². The van der Waals surface area contributed by atoms with Crippen molar-refractivity contribution in [1.29, 1.82) is 0 Å². The van der Waals surface area contributed by atoms with Crippen LogP contribution in [-0.4, -0.2) is 41.8 Å². The minimum absolute atomic E-state index is 0.0421. The summed E-state index contributed by atoms with van der Waals surface area (Å²) in [4.78, 5) is 25.6. The van der Waals surface area contributed by atoms with Crippen molar-refractivity contribution >= 4 is 29.0 Å². The van der Waals surface area contributed by atoms with Gasteiger partial charge in [-0.1, -0.05) is 31.3 Å². The number of benzene rings is 1. The lowest BCUT2D eigenvalue weighted by Crippen LogP contribution is -2.40. The molecule has 0 aromatic heterocycles. The Labute approximate surface area is 124 Å². The van der Waals surface area contributed by atoms with E-state index in [1.54, 1.807) is 31.3 Å². The van der Waals surface area contributed by atoms with E-state index in [0.29, 0.717) is 17.7 Å².